The van der Waals surface area contributed by atoms with E-state index in [1.807, 2.05) is 0 Å². The summed E-state index contributed by atoms with van der Waals surface area (Å²) in [5.74, 6) is 0. The van der Waals surface area contributed by atoms with Crippen LogP contribution in [0.3, 0.4) is 0 Å². The minimum atomic E-state index is 0.997. The zero-order valence-corrected chi connectivity index (χ0v) is 28.6. The SMILES string of the molecule is CCN(CC)c1ccc(C(/C=C/C=C(\c2ccc(N(C)C)cc2)c2ccc(N(CC)CC)cc2)=C2C=CC(=[N+](C)C)C=C2)cc1. The Kier molecular flexibility index (Phi) is 11.8. The summed E-state index contributed by atoms with van der Waals surface area (Å²) in [7, 11) is 8.32. The molecule has 0 bridgehead atoms. The van der Waals surface area contributed by atoms with Gasteiger partial charge in [0.05, 0.1) is 0 Å². The van der Waals surface area contributed by atoms with E-state index in [-0.39, 0.29) is 0 Å². The summed E-state index contributed by atoms with van der Waals surface area (Å²) in [5, 5.41) is 0. The second kappa shape index (κ2) is 15.9. The zero-order chi connectivity index (χ0) is 32.3. The first-order chi connectivity index (χ1) is 21.8. The standard InChI is InChI=1S/C41H51N4/c1-9-44(10-2)38-28-20-34(21-29-38)40(32-16-24-36(25-17-32)42(5)6)14-13-15-41(33-18-26-37(27-19-33)43(7)8)35-22-30-39(31-23-35)45(11-3)12-4/h13-31H,9-12H2,1-8H3/q+1. The van der Waals surface area contributed by atoms with E-state index in [4.69, 9.17) is 0 Å². The van der Waals surface area contributed by atoms with Crippen LogP contribution in [-0.2, 0) is 0 Å². The molecular formula is C41H51N4+. The average molecular weight is 600 g/mol. The van der Waals surface area contributed by atoms with E-state index in [2.05, 4.69) is 190 Å². The maximum absolute atomic E-state index is 2.38. The molecule has 1 aliphatic carbocycles. The molecule has 0 saturated carbocycles. The van der Waals surface area contributed by atoms with Crippen LogP contribution in [0.15, 0.2) is 121 Å². The molecule has 234 valence electrons. The fourth-order valence-corrected chi connectivity index (χ4v) is 5.72. The van der Waals surface area contributed by atoms with Gasteiger partial charge in [-0.05, 0) is 110 Å². The largest absolute Gasteiger partial charge is 0.378 e. The van der Waals surface area contributed by atoms with Gasteiger partial charge in [0.25, 0.3) is 0 Å². The van der Waals surface area contributed by atoms with Crippen LogP contribution < -0.4 is 14.7 Å². The summed E-state index contributed by atoms with van der Waals surface area (Å²) >= 11 is 0. The third-order valence-corrected chi connectivity index (χ3v) is 8.53. The Hall–Kier alpha value is -4.57. The highest BCUT2D eigenvalue weighted by molar-refractivity contribution is 6.03. The molecule has 0 aliphatic heterocycles. The maximum Gasteiger partial charge on any atom is 0.199 e. The lowest BCUT2D eigenvalue weighted by atomic mass is 9.94. The Morgan fingerprint density at radius 1 is 0.578 bits per heavy atom. The summed E-state index contributed by atoms with van der Waals surface area (Å²) in [5.41, 5.74) is 12.1. The second-order valence-corrected chi connectivity index (χ2v) is 11.7. The van der Waals surface area contributed by atoms with Crippen molar-refractivity contribution in [2.75, 3.05) is 69.1 Å². The Labute approximate surface area is 272 Å². The third-order valence-electron chi connectivity index (χ3n) is 8.53. The number of hydrogen-bond donors (Lipinski definition) is 0. The second-order valence-electron chi connectivity index (χ2n) is 11.7. The Morgan fingerprint density at radius 3 is 1.40 bits per heavy atom. The first-order valence-electron chi connectivity index (χ1n) is 16.3. The highest BCUT2D eigenvalue weighted by Gasteiger charge is 2.11. The van der Waals surface area contributed by atoms with Crippen LogP contribution in [0.2, 0.25) is 0 Å². The highest BCUT2D eigenvalue weighted by Crippen LogP contribution is 2.30. The predicted octanol–water partition coefficient (Wildman–Crippen LogP) is 8.73. The molecule has 3 aromatic carbocycles. The molecule has 0 spiro atoms. The molecule has 3 aromatic rings. The quantitative estimate of drug-likeness (QED) is 0.153. The van der Waals surface area contributed by atoms with E-state index in [1.165, 1.54) is 56.2 Å². The van der Waals surface area contributed by atoms with E-state index < -0.39 is 0 Å². The van der Waals surface area contributed by atoms with E-state index in [1.54, 1.807) is 0 Å². The van der Waals surface area contributed by atoms with Crippen molar-refractivity contribution in [3.05, 3.63) is 138 Å². The summed E-state index contributed by atoms with van der Waals surface area (Å²) in [4.78, 5) is 6.90. The third kappa shape index (κ3) is 8.33. The molecule has 45 heavy (non-hydrogen) atoms. The molecule has 4 rings (SSSR count). The van der Waals surface area contributed by atoms with E-state index in [0.29, 0.717) is 0 Å². The van der Waals surface area contributed by atoms with Crippen LogP contribution in [0, 0.1) is 0 Å². The molecule has 0 saturated heterocycles. The van der Waals surface area contributed by atoms with Gasteiger partial charge in [-0.15, -0.1) is 0 Å². The molecule has 0 fully saturated rings. The van der Waals surface area contributed by atoms with Gasteiger partial charge in [0.1, 0.15) is 14.1 Å². The van der Waals surface area contributed by atoms with Gasteiger partial charge in [0, 0.05) is 69.5 Å². The number of anilines is 3. The Morgan fingerprint density at radius 2 is 1.00 bits per heavy atom. The monoisotopic (exact) mass is 599 g/mol. The van der Waals surface area contributed by atoms with Gasteiger partial charge >= 0.3 is 0 Å². The van der Waals surface area contributed by atoms with Gasteiger partial charge in [0.15, 0.2) is 5.71 Å². The molecule has 1 aliphatic rings. The maximum atomic E-state index is 2.38. The topological polar surface area (TPSA) is 12.7 Å². The van der Waals surface area contributed by atoms with Crippen LogP contribution in [0.25, 0.3) is 11.1 Å². The smallest absolute Gasteiger partial charge is 0.199 e. The van der Waals surface area contributed by atoms with E-state index in [9.17, 15) is 0 Å². The minimum Gasteiger partial charge on any atom is -0.378 e. The summed E-state index contributed by atoms with van der Waals surface area (Å²) in [6.07, 6.45) is 15.6. The van der Waals surface area contributed by atoms with Gasteiger partial charge in [-0.1, -0.05) is 54.6 Å². The Bertz CT molecular complexity index is 1570. The fourth-order valence-electron chi connectivity index (χ4n) is 5.72. The van der Waals surface area contributed by atoms with Crippen LogP contribution >= 0.6 is 0 Å². The molecule has 4 heteroatoms. The van der Waals surface area contributed by atoms with Gasteiger partial charge in [0.2, 0.25) is 0 Å². The first kappa shape index (κ1) is 33.3. The van der Waals surface area contributed by atoms with Crippen molar-refractivity contribution in [1.82, 2.24) is 0 Å². The minimum absolute atomic E-state index is 0.997. The summed E-state index contributed by atoms with van der Waals surface area (Å²) < 4.78 is 2.14. The van der Waals surface area contributed by atoms with Gasteiger partial charge in [-0.25, -0.2) is 4.58 Å². The van der Waals surface area contributed by atoms with E-state index >= 15 is 0 Å². The first-order valence-corrected chi connectivity index (χ1v) is 16.3. The molecule has 0 unspecified atom stereocenters. The fraction of sp³-hybridized carbons (Fsp3) is 0.293. The van der Waals surface area contributed by atoms with Crippen molar-refractivity contribution in [3.63, 3.8) is 0 Å². The van der Waals surface area contributed by atoms with Crippen molar-refractivity contribution < 1.29 is 4.58 Å². The number of hydrogen-bond acceptors (Lipinski definition) is 3. The predicted molar refractivity (Wildman–Crippen MR) is 199 cm³/mol. The molecule has 0 radical (unpaired) electrons. The number of benzene rings is 3. The number of rotatable bonds is 12. The van der Waals surface area contributed by atoms with Crippen molar-refractivity contribution in [3.8, 4) is 0 Å². The van der Waals surface area contributed by atoms with Crippen LogP contribution in [-0.4, -0.2) is 64.7 Å². The molecule has 0 N–H and O–H groups in total. The van der Waals surface area contributed by atoms with Crippen LogP contribution in [0.4, 0.5) is 17.1 Å². The Balaban J connectivity index is 1.79. The van der Waals surface area contributed by atoms with E-state index in [0.717, 1.165) is 26.2 Å². The molecule has 0 heterocycles. The van der Waals surface area contributed by atoms with Gasteiger partial charge < -0.3 is 14.7 Å². The van der Waals surface area contributed by atoms with Gasteiger partial charge in [-0.3, -0.25) is 0 Å². The van der Waals surface area contributed by atoms with Crippen LogP contribution in [0.5, 0.6) is 0 Å². The lowest BCUT2D eigenvalue weighted by Gasteiger charge is -2.21. The summed E-state index contributed by atoms with van der Waals surface area (Å²) in [6.45, 7) is 12.8. The van der Waals surface area contributed by atoms with Crippen LogP contribution in [0.1, 0.15) is 44.4 Å². The molecule has 0 amide bonds. The molecule has 0 aromatic heterocycles. The molecular weight excluding hydrogens is 548 g/mol. The van der Waals surface area contributed by atoms with Crippen molar-refractivity contribution in [2.24, 2.45) is 0 Å². The van der Waals surface area contributed by atoms with Crippen molar-refractivity contribution in [1.29, 1.82) is 0 Å². The normalized spacial score (nSPS) is 13.0. The summed E-state index contributed by atoms with van der Waals surface area (Å²) in [6, 6.07) is 26.8. The number of allylic oxidation sites excluding steroid dienone is 9. The lowest BCUT2D eigenvalue weighted by Crippen LogP contribution is -2.21. The van der Waals surface area contributed by atoms with Gasteiger partial charge in [-0.2, -0.15) is 0 Å². The number of nitrogens with zero attached hydrogens (tertiary/aromatic N) is 4. The zero-order valence-electron chi connectivity index (χ0n) is 28.6. The lowest BCUT2D eigenvalue weighted by molar-refractivity contribution is -0.462. The molecule has 4 nitrogen and oxygen atoms in total. The van der Waals surface area contributed by atoms with Crippen molar-refractivity contribution >= 4 is 33.9 Å². The average Bonchev–Trinajstić information content (AvgIpc) is 3.07. The van der Waals surface area contributed by atoms with Crippen molar-refractivity contribution in [2.45, 2.75) is 27.7 Å². The highest BCUT2D eigenvalue weighted by atomic mass is 15.1. The molecule has 0 atom stereocenters.